The maximum Gasteiger partial charge on any atom is 0.410 e. The van der Waals surface area contributed by atoms with E-state index in [1.54, 1.807) is 6.07 Å². The van der Waals surface area contributed by atoms with E-state index in [4.69, 9.17) is 4.74 Å². The first-order chi connectivity index (χ1) is 17.1. The van der Waals surface area contributed by atoms with Crippen LogP contribution in [0.15, 0.2) is 72.8 Å². The van der Waals surface area contributed by atoms with Crippen molar-refractivity contribution in [1.82, 2.24) is 4.90 Å². The molecule has 2 saturated heterocycles. The van der Waals surface area contributed by atoms with Gasteiger partial charge in [-0.1, -0.05) is 66.7 Å². The van der Waals surface area contributed by atoms with Gasteiger partial charge in [0.25, 0.3) is 0 Å². The molecule has 2 unspecified atom stereocenters. The van der Waals surface area contributed by atoms with Gasteiger partial charge in [0.05, 0.1) is 17.2 Å². The quantitative estimate of drug-likeness (QED) is 0.539. The van der Waals surface area contributed by atoms with Crippen molar-refractivity contribution >= 4 is 6.09 Å². The molecule has 3 aliphatic rings. The zero-order valence-corrected chi connectivity index (χ0v) is 19.6. The molecule has 3 aromatic rings. The lowest BCUT2D eigenvalue weighted by Crippen LogP contribution is -2.59. The number of hydrogen-bond acceptors (Lipinski definition) is 4. The second-order valence-corrected chi connectivity index (χ2v) is 10.0. The Bertz CT molecular complexity index is 1270. The van der Waals surface area contributed by atoms with E-state index in [0.29, 0.717) is 30.6 Å². The van der Waals surface area contributed by atoms with Gasteiger partial charge in [0.1, 0.15) is 6.61 Å². The van der Waals surface area contributed by atoms with Gasteiger partial charge >= 0.3 is 6.09 Å². The number of hydrogen-bond donors (Lipinski definition) is 1. The number of carbonyl (C=O) groups is 1. The van der Waals surface area contributed by atoms with Crippen LogP contribution in [0.3, 0.4) is 0 Å². The van der Waals surface area contributed by atoms with E-state index in [9.17, 15) is 15.2 Å². The van der Waals surface area contributed by atoms with Crippen LogP contribution in [0.5, 0.6) is 0 Å². The minimum atomic E-state index is -1.11. The van der Waals surface area contributed by atoms with Gasteiger partial charge in [-0.05, 0) is 47.6 Å². The first-order valence-electron chi connectivity index (χ1n) is 12.4. The van der Waals surface area contributed by atoms with Gasteiger partial charge in [-0.3, -0.25) is 0 Å². The Hall–Kier alpha value is -3.62. The normalized spacial score (nSPS) is 24.9. The average molecular weight is 465 g/mol. The summed E-state index contributed by atoms with van der Waals surface area (Å²) in [5, 5.41) is 21.2. The number of fused-ring (bicyclic) bond motifs is 5. The Kier molecular flexibility index (Phi) is 5.35. The van der Waals surface area contributed by atoms with Crippen molar-refractivity contribution in [2.45, 2.75) is 55.7 Å². The van der Waals surface area contributed by atoms with E-state index < -0.39 is 5.60 Å². The molecule has 0 spiro atoms. The number of rotatable bonds is 3. The van der Waals surface area contributed by atoms with E-state index in [0.717, 1.165) is 19.3 Å². The third kappa shape index (κ3) is 3.61. The van der Waals surface area contributed by atoms with Crippen molar-refractivity contribution in [3.63, 3.8) is 0 Å². The lowest BCUT2D eigenvalue weighted by molar-refractivity contribution is -0.0892. The smallest absolute Gasteiger partial charge is 0.410 e. The molecule has 2 atom stereocenters. The van der Waals surface area contributed by atoms with E-state index in [1.807, 2.05) is 47.4 Å². The zero-order valence-electron chi connectivity index (χ0n) is 19.6. The molecule has 35 heavy (non-hydrogen) atoms. The van der Waals surface area contributed by atoms with Crippen LogP contribution in [0.2, 0.25) is 0 Å². The lowest BCUT2D eigenvalue weighted by atomic mass is 9.72. The SMILES string of the molecule is N#Cc1ccccc1C1(O)CC2CCCC(C1)N2C(=O)OCC1c2ccccc2-c2ccccc21. The third-order valence-electron chi connectivity index (χ3n) is 8.10. The standard InChI is InChI=1S/C30H28N2O3/c31-18-20-8-1-6-15-28(20)30(34)16-21-9-7-10-22(17-30)32(21)29(33)35-19-27-25-13-4-2-11-23(25)24-12-3-5-14-26(24)27/h1-6,8,11-15,21-22,27,34H,7,9-10,16-17,19H2. The summed E-state index contributed by atoms with van der Waals surface area (Å²) in [5.41, 5.74) is 4.88. The Labute approximate surface area is 205 Å². The fourth-order valence-corrected chi connectivity index (χ4v) is 6.60. The second-order valence-electron chi connectivity index (χ2n) is 10.0. The molecule has 5 nitrogen and oxygen atoms in total. The molecular weight excluding hydrogens is 436 g/mol. The number of carbonyl (C=O) groups excluding carboxylic acids is 1. The highest BCUT2D eigenvalue weighted by Crippen LogP contribution is 2.47. The summed E-state index contributed by atoms with van der Waals surface area (Å²) in [7, 11) is 0. The molecule has 2 heterocycles. The molecule has 2 bridgehead atoms. The van der Waals surface area contributed by atoms with Crippen molar-refractivity contribution in [2.75, 3.05) is 6.61 Å². The molecule has 3 aromatic carbocycles. The van der Waals surface area contributed by atoms with Gasteiger partial charge in [-0.2, -0.15) is 5.26 Å². The van der Waals surface area contributed by atoms with Crippen molar-refractivity contribution in [1.29, 1.82) is 5.26 Å². The van der Waals surface area contributed by atoms with E-state index in [1.165, 1.54) is 22.3 Å². The summed E-state index contributed by atoms with van der Waals surface area (Å²) in [6.45, 7) is 0.296. The first kappa shape index (κ1) is 21.9. The van der Waals surface area contributed by atoms with E-state index in [-0.39, 0.29) is 24.1 Å². The van der Waals surface area contributed by atoms with Crippen LogP contribution in [0.25, 0.3) is 11.1 Å². The van der Waals surface area contributed by atoms with Crippen LogP contribution < -0.4 is 0 Å². The lowest BCUT2D eigenvalue weighted by Gasteiger charge is -2.51. The van der Waals surface area contributed by atoms with Crippen molar-refractivity contribution < 1.29 is 14.6 Å². The fourth-order valence-electron chi connectivity index (χ4n) is 6.60. The largest absolute Gasteiger partial charge is 0.448 e. The van der Waals surface area contributed by atoms with Gasteiger partial charge in [0, 0.05) is 36.4 Å². The van der Waals surface area contributed by atoms with Crippen LogP contribution in [0.1, 0.15) is 60.3 Å². The molecule has 0 radical (unpaired) electrons. The van der Waals surface area contributed by atoms with Gasteiger partial charge in [0.15, 0.2) is 0 Å². The Morgan fingerprint density at radius 2 is 1.51 bits per heavy atom. The van der Waals surface area contributed by atoms with Crippen LogP contribution in [-0.2, 0) is 10.3 Å². The topological polar surface area (TPSA) is 73.6 Å². The zero-order chi connectivity index (χ0) is 24.0. The maximum absolute atomic E-state index is 13.4. The highest BCUT2D eigenvalue weighted by atomic mass is 16.6. The number of benzene rings is 3. The number of amides is 1. The molecule has 2 fully saturated rings. The highest BCUT2D eigenvalue weighted by Gasteiger charge is 2.49. The number of nitriles is 1. The minimum absolute atomic E-state index is 0.0235. The first-order valence-corrected chi connectivity index (χ1v) is 12.4. The molecule has 2 aliphatic heterocycles. The number of piperidine rings is 2. The van der Waals surface area contributed by atoms with E-state index >= 15 is 0 Å². The van der Waals surface area contributed by atoms with Gasteiger partial charge in [-0.25, -0.2) is 4.79 Å². The Balaban J connectivity index is 1.22. The van der Waals surface area contributed by atoms with Gasteiger partial charge in [0.2, 0.25) is 0 Å². The summed E-state index contributed by atoms with van der Waals surface area (Å²) in [6.07, 6.45) is 3.24. The summed E-state index contributed by atoms with van der Waals surface area (Å²) < 4.78 is 5.99. The molecule has 5 heteroatoms. The number of nitrogens with zero attached hydrogens (tertiary/aromatic N) is 2. The molecule has 6 rings (SSSR count). The Morgan fingerprint density at radius 1 is 0.943 bits per heavy atom. The van der Waals surface area contributed by atoms with Crippen LogP contribution in [-0.4, -0.2) is 34.8 Å². The molecule has 0 aromatic heterocycles. The molecule has 1 N–H and O–H groups in total. The second kappa shape index (κ2) is 8.55. The van der Waals surface area contributed by atoms with Crippen LogP contribution in [0, 0.1) is 11.3 Å². The summed E-state index contributed by atoms with van der Waals surface area (Å²) in [6, 6.07) is 26.0. The molecule has 0 saturated carbocycles. The van der Waals surface area contributed by atoms with Crippen molar-refractivity contribution in [2.24, 2.45) is 0 Å². The van der Waals surface area contributed by atoms with Crippen LogP contribution >= 0.6 is 0 Å². The monoisotopic (exact) mass is 464 g/mol. The average Bonchev–Trinajstić information content (AvgIpc) is 3.20. The van der Waals surface area contributed by atoms with Gasteiger partial charge in [-0.15, -0.1) is 0 Å². The van der Waals surface area contributed by atoms with Crippen LogP contribution in [0.4, 0.5) is 4.79 Å². The summed E-state index contributed by atoms with van der Waals surface area (Å²) in [4.78, 5) is 15.3. The highest BCUT2D eigenvalue weighted by molar-refractivity contribution is 5.79. The molecular formula is C30H28N2O3. The van der Waals surface area contributed by atoms with Crippen molar-refractivity contribution in [3.05, 3.63) is 95.1 Å². The summed E-state index contributed by atoms with van der Waals surface area (Å²) >= 11 is 0. The molecule has 1 aliphatic carbocycles. The maximum atomic E-state index is 13.4. The molecule has 1 amide bonds. The minimum Gasteiger partial charge on any atom is -0.448 e. The predicted octanol–water partition coefficient (Wildman–Crippen LogP) is 5.71. The fraction of sp³-hybridized carbons (Fsp3) is 0.333. The van der Waals surface area contributed by atoms with Gasteiger partial charge < -0.3 is 14.7 Å². The Morgan fingerprint density at radius 3 is 2.14 bits per heavy atom. The molecule has 176 valence electrons. The summed E-state index contributed by atoms with van der Waals surface area (Å²) in [5.74, 6) is 0.0235. The number of aliphatic hydroxyl groups is 1. The van der Waals surface area contributed by atoms with Crippen molar-refractivity contribution in [3.8, 4) is 17.2 Å². The predicted molar refractivity (Wildman–Crippen MR) is 133 cm³/mol. The third-order valence-corrected chi connectivity index (χ3v) is 8.10. The van der Waals surface area contributed by atoms with E-state index in [2.05, 4.69) is 30.3 Å². The number of ether oxygens (including phenoxy) is 1.